The number of hydrogen-bond acceptors (Lipinski definition) is 5. The molecule has 7 rings (SSSR count). The third-order valence-corrected chi connectivity index (χ3v) is 11.6. The number of thiophene rings is 2. The number of aromatic amines is 1. The van der Waals surface area contributed by atoms with Gasteiger partial charge in [0, 0.05) is 41.9 Å². The highest BCUT2D eigenvalue weighted by molar-refractivity contribution is 7.15. The number of rotatable bonds is 4. The van der Waals surface area contributed by atoms with Crippen LogP contribution in [0.15, 0.2) is 108 Å². The van der Waals surface area contributed by atoms with Gasteiger partial charge in [0.1, 0.15) is 11.5 Å². The lowest BCUT2D eigenvalue weighted by atomic mass is 9.84. The Hall–Kier alpha value is -4.39. The second kappa shape index (κ2) is 11.5. The zero-order valence-corrected chi connectivity index (χ0v) is 28.0. The first-order valence-electron chi connectivity index (χ1n) is 15.1. The molecule has 1 atom stereocenters. The van der Waals surface area contributed by atoms with Crippen LogP contribution in [0.1, 0.15) is 75.6 Å². The number of benzene rings is 2. The van der Waals surface area contributed by atoms with Crippen molar-refractivity contribution in [1.82, 2.24) is 4.98 Å². The summed E-state index contributed by atoms with van der Waals surface area (Å²) in [6, 6.07) is 30.3. The zero-order chi connectivity index (χ0) is 31.3. The van der Waals surface area contributed by atoms with Crippen LogP contribution in [0.2, 0.25) is 0 Å². The van der Waals surface area contributed by atoms with Crippen LogP contribution in [0.3, 0.4) is 0 Å². The topological polar surface area (TPSA) is 46.6 Å². The number of allylic oxidation sites excluding steroid dienone is 4. The largest absolute Gasteiger partial charge is 0.497 e. The average molecular weight is 629 g/mol. The maximum atomic E-state index is 5.48. The Balaban J connectivity index is 1.45. The quantitative estimate of drug-likeness (QED) is 0.215. The number of nitrogens with zero attached hydrogens (tertiary/aromatic N) is 1. The van der Waals surface area contributed by atoms with E-state index in [1.807, 2.05) is 34.8 Å². The van der Waals surface area contributed by atoms with E-state index in [2.05, 4.69) is 118 Å². The average Bonchev–Trinajstić information content (AvgIpc) is 3.89. The van der Waals surface area contributed by atoms with Crippen LogP contribution in [-0.2, 0) is 5.41 Å². The van der Waals surface area contributed by atoms with Gasteiger partial charge in [0.25, 0.3) is 0 Å². The first-order valence-corrected chi connectivity index (χ1v) is 16.8. The molecule has 6 heteroatoms. The van der Waals surface area contributed by atoms with E-state index in [4.69, 9.17) is 14.5 Å². The lowest BCUT2D eigenvalue weighted by molar-refractivity contribution is 0.414. The summed E-state index contributed by atoms with van der Waals surface area (Å²) in [5.41, 5.74) is 10.0. The highest BCUT2D eigenvalue weighted by Crippen LogP contribution is 2.43. The van der Waals surface area contributed by atoms with Gasteiger partial charge in [-0.3, -0.25) is 4.99 Å². The normalized spacial score (nSPS) is 20.6. The van der Waals surface area contributed by atoms with Crippen LogP contribution in [0.4, 0.5) is 0 Å². The maximum absolute atomic E-state index is 5.48. The minimum Gasteiger partial charge on any atom is -0.497 e. The molecule has 1 unspecified atom stereocenters. The third kappa shape index (κ3) is 5.22. The maximum Gasteiger partial charge on any atom is 0.118 e. The summed E-state index contributed by atoms with van der Waals surface area (Å²) in [5, 5.41) is 0. The van der Waals surface area contributed by atoms with Gasteiger partial charge in [-0.2, -0.15) is 0 Å². The van der Waals surface area contributed by atoms with Crippen LogP contribution >= 0.6 is 22.7 Å². The van der Waals surface area contributed by atoms with E-state index < -0.39 is 0 Å². The highest BCUT2D eigenvalue weighted by atomic mass is 32.1. The van der Waals surface area contributed by atoms with Crippen molar-refractivity contribution in [3.8, 4) is 11.5 Å². The minimum absolute atomic E-state index is 0.0644. The molecule has 0 saturated carbocycles. The lowest BCUT2D eigenvalue weighted by Crippen LogP contribution is -2.27. The summed E-state index contributed by atoms with van der Waals surface area (Å²) in [5.74, 6) is 1.76. The van der Waals surface area contributed by atoms with Crippen LogP contribution < -0.4 is 9.47 Å². The first-order chi connectivity index (χ1) is 21.8. The molecule has 0 spiro atoms. The van der Waals surface area contributed by atoms with Crippen molar-refractivity contribution in [2.24, 2.45) is 4.99 Å². The van der Waals surface area contributed by atoms with Gasteiger partial charge in [-0.15, -0.1) is 22.7 Å². The Morgan fingerprint density at radius 3 is 2.00 bits per heavy atom. The number of ether oxygens (including phenoxy) is 2. The number of hydrogen-bond donors (Lipinski definition) is 1. The predicted molar refractivity (Wildman–Crippen MR) is 190 cm³/mol. The molecule has 226 valence electrons. The van der Waals surface area contributed by atoms with Gasteiger partial charge in [-0.1, -0.05) is 24.3 Å². The van der Waals surface area contributed by atoms with Crippen molar-refractivity contribution in [3.05, 3.63) is 145 Å². The second-order valence-corrected chi connectivity index (χ2v) is 14.3. The molecule has 5 heterocycles. The molecule has 0 aliphatic carbocycles. The minimum atomic E-state index is -0.337. The van der Waals surface area contributed by atoms with Crippen LogP contribution in [0, 0.1) is 0 Å². The van der Waals surface area contributed by atoms with Crippen LogP contribution in [0.25, 0.3) is 16.7 Å². The second-order valence-electron chi connectivity index (χ2n) is 12.1. The van der Waals surface area contributed by atoms with Crippen molar-refractivity contribution >= 4 is 45.1 Å². The Morgan fingerprint density at radius 2 is 1.31 bits per heavy atom. The molecule has 5 aromatic rings. The fourth-order valence-corrected chi connectivity index (χ4v) is 8.51. The smallest absolute Gasteiger partial charge is 0.118 e. The van der Waals surface area contributed by atoms with E-state index >= 15 is 0 Å². The molecular formula is C39H36N2O2S2. The summed E-state index contributed by atoms with van der Waals surface area (Å²) in [6.45, 7) is 8.99. The summed E-state index contributed by atoms with van der Waals surface area (Å²) in [4.78, 5) is 14.2. The number of aromatic nitrogens is 1. The predicted octanol–water partition coefficient (Wildman–Crippen LogP) is 10.3. The van der Waals surface area contributed by atoms with Crippen molar-refractivity contribution in [1.29, 1.82) is 0 Å². The number of H-pyrrole nitrogens is 1. The Bertz CT molecular complexity index is 2010. The SMILES string of the molecule is COc1ccc(/C2=C3\C=CC(=N3)C(C)(C)c3ccc([nH]3)C(c3ccc(OC)cc3)c3ccc(s3)/C(C)=C(/C)c3ccc2s3)cc1. The number of fused-ring (bicyclic) bond motifs is 7. The van der Waals surface area contributed by atoms with Crippen molar-refractivity contribution in [2.45, 2.75) is 39.0 Å². The van der Waals surface area contributed by atoms with E-state index in [1.165, 1.54) is 41.9 Å². The molecule has 3 aromatic heterocycles. The monoisotopic (exact) mass is 628 g/mol. The van der Waals surface area contributed by atoms with E-state index in [0.29, 0.717) is 0 Å². The number of aliphatic imine (C=N–C) groups is 1. The summed E-state index contributed by atoms with van der Waals surface area (Å²) >= 11 is 3.70. The van der Waals surface area contributed by atoms with Crippen molar-refractivity contribution in [2.75, 3.05) is 14.2 Å². The molecule has 4 nitrogen and oxygen atoms in total. The van der Waals surface area contributed by atoms with Crippen molar-refractivity contribution < 1.29 is 9.47 Å². The Morgan fingerprint density at radius 1 is 0.689 bits per heavy atom. The molecule has 2 aromatic carbocycles. The highest BCUT2D eigenvalue weighted by Gasteiger charge is 2.32. The molecule has 0 fully saturated rings. The molecule has 8 bridgehead atoms. The lowest BCUT2D eigenvalue weighted by Gasteiger charge is -2.23. The van der Waals surface area contributed by atoms with Gasteiger partial charge < -0.3 is 14.5 Å². The standard InChI is InChI=1S/C39H36N2O2S2/c1-23-24(2)32-18-20-34(45-32)38(26-9-13-28(43-6)14-10-26)30-16-22-36(41-30)39(3,4)35-21-15-29(40-35)37(33-19-17-31(23)44-33)25-7-11-27(42-5)12-8-25/h7-22,37,40H,1-6H3/b24-23-,38-30-. The molecule has 0 radical (unpaired) electrons. The molecule has 1 N–H and O–H groups in total. The van der Waals surface area contributed by atoms with Crippen molar-refractivity contribution in [3.63, 3.8) is 0 Å². The van der Waals surface area contributed by atoms with Gasteiger partial charge in [0.15, 0.2) is 0 Å². The first kappa shape index (κ1) is 29.3. The molecule has 2 aliphatic heterocycles. The van der Waals surface area contributed by atoms with Gasteiger partial charge in [0.2, 0.25) is 0 Å². The van der Waals surface area contributed by atoms with Gasteiger partial charge in [-0.05, 0) is 123 Å². The molecule has 0 saturated heterocycles. The summed E-state index contributed by atoms with van der Waals surface area (Å²) < 4.78 is 11.0. The molecule has 2 aliphatic rings. The van der Waals surface area contributed by atoms with Gasteiger partial charge in [-0.25, -0.2) is 0 Å². The van der Waals surface area contributed by atoms with E-state index in [9.17, 15) is 0 Å². The molecular weight excluding hydrogens is 593 g/mol. The number of nitrogens with one attached hydrogen (secondary N) is 1. The fourth-order valence-electron chi connectivity index (χ4n) is 6.15. The van der Waals surface area contributed by atoms with Crippen LogP contribution in [0.5, 0.6) is 11.5 Å². The summed E-state index contributed by atoms with van der Waals surface area (Å²) in [6.07, 6.45) is 4.35. The van der Waals surface area contributed by atoms with Gasteiger partial charge in [0.05, 0.1) is 31.5 Å². The Labute approximate surface area is 273 Å². The van der Waals surface area contributed by atoms with E-state index in [0.717, 1.165) is 39.7 Å². The van der Waals surface area contributed by atoms with E-state index in [1.54, 1.807) is 14.2 Å². The number of methoxy groups -OCH3 is 2. The molecule has 0 amide bonds. The van der Waals surface area contributed by atoms with Gasteiger partial charge >= 0.3 is 0 Å². The summed E-state index contributed by atoms with van der Waals surface area (Å²) in [7, 11) is 3.41. The van der Waals surface area contributed by atoms with E-state index in [-0.39, 0.29) is 11.3 Å². The van der Waals surface area contributed by atoms with Crippen LogP contribution in [-0.4, -0.2) is 24.9 Å². The fraction of sp³-hybridized carbons (Fsp3) is 0.205. The third-order valence-electron chi connectivity index (χ3n) is 9.12. The Kier molecular flexibility index (Phi) is 7.50. The zero-order valence-electron chi connectivity index (χ0n) is 26.4. The molecule has 45 heavy (non-hydrogen) atoms.